The van der Waals surface area contributed by atoms with Crippen LogP contribution in [0.25, 0.3) is 10.6 Å². The van der Waals surface area contributed by atoms with Gasteiger partial charge >= 0.3 is 0 Å². The first kappa shape index (κ1) is 25.4. The number of amides is 1. The van der Waals surface area contributed by atoms with Crippen LogP contribution in [-0.4, -0.2) is 40.9 Å². The summed E-state index contributed by atoms with van der Waals surface area (Å²) in [5.41, 5.74) is 2.18. The Hall–Kier alpha value is -2.26. The third-order valence-electron chi connectivity index (χ3n) is 8.72. The molecule has 3 N–H and O–H groups in total. The standard InChI is InChI=1S/C28H34N2O4S2/c1-27-10-8-23(32)28(2,16-31)22(27)13-21-25(30-26(36-21)18-9-11-35-15-18)19(27)12-24(33)29-14-17-6-4-5-7-20(17)34-3/h4-7,9,11,15,19,22-23,31-32H,8,10,12-14,16H2,1-3H3,(H,29,33). The molecular formula is C28H34N2O4S2. The summed E-state index contributed by atoms with van der Waals surface area (Å²) in [4.78, 5) is 19.6. The van der Waals surface area contributed by atoms with Crippen LogP contribution in [0, 0.1) is 16.7 Å². The van der Waals surface area contributed by atoms with Crippen molar-refractivity contribution in [1.29, 1.82) is 0 Å². The molecule has 6 nitrogen and oxygen atoms in total. The van der Waals surface area contributed by atoms with Gasteiger partial charge in [0.25, 0.3) is 0 Å². The molecule has 1 fully saturated rings. The summed E-state index contributed by atoms with van der Waals surface area (Å²) >= 11 is 3.34. The number of nitrogens with zero attached hydrogens (tertiary/aromatic N) is 1. The molecule has 5 unspecified atom stereocenters. The normalized spacial score (nSPS) is 29.3. The Morgan fingerprint density at radius 3 is 2.81 bits per heavy atom. The van der Waals surface area contributed by atoms with Crippen LogP contribution in [-0.2, 0) is 17.8 Å². The average Bonchev–Trinajstić information content (AvgIpc) is 3.57. The van der Waals surface area contributed by atoms with Crippen LogP contribution in [0.2, 0.25) is 0 Å². The van der Waals surface area contributed by atoms with Gasteiger partial charge in [-0.1, -0.05) is 32.0 Å². The Morgan fingerprint density at radius 2 is 2.08 bits per heavy atom. The fraction of sp³-hybridized carbons (Fsp3) is 0.500. The number of hydrogen-bond donors (Lipinski definition) is 3. The molecule has 5 rings (SSSR count). The van der Waals surface area contributed by atoms with E-state index in [1.54, 1.807) is 29.8 Å². The minimum Gasteiger partial charge on any atom is -0.496 e. The summed E-state index contributed by atoms with van der Waals surface area (Å²) in [5, 5.41) is 29.6. The van der Waals surface area contributed by atoms with Gasteiger partial charge in [0.15, 0.2) is 0 Å². The van der Waals surface area contributed by atoms with E-state index in [-0.39, 0.29) is 29.8 Å². The number of thiazole rings is 1. The minimum atomic E-state index is -0.622. The smallest absolute Gasteiger partial charge is 0.220 e. The van der Waals surface area contributed by atoms with Gasteiger partial charge in [0.1, 0.15) is 10.8 Å². The molecule has 0 spiro atoms. The van der Waals surface area contributed by atoms with Crippen LogP contribution in [0.15, 0.2) is 41.1 Å². The van der Waals surface area contributed by atoms with Crippen molar-refractivity contribution < 1.29 is 19.7 Å². The van der Waals surface area contributed by atoms with E-state index in [1.165, 1.54) is 4.88 Å². The number of para-hydroxylation sites is 1. The molecule has 2 aliphatic carbocycles. The summed E-state index contributed by atoms with van der Waals surface area (Å²) in [6.45, 7) is 4.56. The lowest BCUT2D eigenvalue weighted by molar-refractivity contribution is -0.144. The number of hydrogen-bond acceptors (Lipinski definition) is 7. The maximum atomic E-state index is 13.4. The van der Waals surface area contributed by atoms with E-state index in [4.69, 9.17) is 9.72 Å². The maximum absolute atomic E-state index is 13.4. The Balaban J connectivity index is 1.47. The van der Waals surface area contributed by atoms with Gasteiger partial charge in [0.2, 0.25) is 5.91 Å². The Labute approximate surface area is 220 Å². The van der Waals surface area contributed by atoms with Crippen LogP contribution in [0.1, 0.15) is 55.2 Å². The lowest BCUT2D eigenvalue weighted by Gasteiger charge is -2.58. The quantitative estimate of drug-likeness (QED) is 0.403. The summed E-state index contributed by atoms with van der Waals surface area (Å²) in [6, 6.07) is 9.79. The second-order valence-electron chi connectivity index (χ2n) is 10.7. The predicted octanol–water partition coefficient (Wildman–Crippen LogP) is 5.00. The Bertz CT molecular complexity index is 1230. The first-order chi connectivity index (χ1) is 17.3. The first-order valence-electron chi connectivity index (χ1n) is 12.5. The molecule has 1 aromatic carbocycles. The molecule has 1 saturated carbocycles. The SMILES string of the molecule is COc1ccccc1CNC(=O)CC1c2nc(-c3ccsc3)sc2CC2C(C)(CO)C(O)CCC12C. The van der Waals surface area contributed by atoms with Crippen LogP contribution in [0.3, 0.4) is 0 Å². The highest BCUT2D eigenvalue weighted by Crippen LogP contribution is 2.62. The molecule has 2 heterocycles. The molecule has 2 aliphatic rings. The van der Waals surface area contributed by atoms with Crippen molar-refractivity contribution in [3.8, 4) is 16.3 Å². The van der Waals surface area contributed by atoms with Crippen LogP contribution >= 0.6 is 22.7 Å². The molecular weight excluding hydrogens is 492 g/mol. The highest BCUT2D eigenvalue weighted by atomic mass is 32.1. The number of thiophene rings is 1. The van der Waals surface area contributed by atoms with Crippen molar-refractivity contribution in [3.63, 3.8) is 0 Å². The van der Waals surface area contributed by atoms with Gasteiger partial charge in [-0.05, 0) is 48.1 Å². The molecule has 3 aromatic rings. The predicted molar refractivity (Wildman–Crippen MR) is 143 cm³/mol. The molecule has 0 saturated heterocycles. The van der Waals surface area contributed by atoms with E-state index in [0.29, 0.717) is 19.4 Å². The molecule has 0 aliphatic heterocycles. The van der Waals surface area contributed by atoms with Gasteiger partial charge < -0.3 is 20.3 Å². The van der Waals surface area contributed by atoms with Crippen molar-refractivity contribution in [2.45, 2.75) is 58.1 Å². The first-order valence-corrected chi connectivity index (χ1v) is 14.3. The third-order valence-corrected chi connectivity index (χ3v) is 10.5. The molecule has 2 aromatic heterocycles. The van der Waals surface area contributed by atoms with E-state index < -0.39 is 11.5 Å². The zero-order valence-corrected chi connectivity index (χ0v) is 22.6. The van der Waals surface area contributed by atoms with E-state index >= 15 is 0 Å². The van der Waals surface area contributed by atoms with E-state index in [0.717, 1.165) is 40.4 Å². The van der Waals surface area contributed by atoms with E-state index in [9.17, 15) is 15.0 Å². The number of aromatic nitrogens is 1. The van der Waals surface area contributed by atoms with Gasteiger partial charge in [-0.3, -0.25) is 4.79 Å². The monoisotopic (exact) mass is 526 g/mol. The highest BCUT2D eigenvalue weighted by molar-refractivity contribution is 7.15. The number of aliphatic hydroxyl groups is 2. The highest BCUT2D eigenvalue weighted by Gasteiger charge is 2.59. The van der Waals surface area contributed by atoms with Gasteiger partial charge in [-0.25, -0.2) is 4.98 Å². The second kappa shape index (κ2) is 9.89. The van der Waals surface area contributed by atoms with E-state index in [2.05, 4.69) is 29.1 Å². The van der Waals surface area contributed by atoms with Crippen LogP contribution in [0.5, 0.6) is 5.75 Å². The summed E-state index contributed by atoms with van der Waals surface area (Å²) < 4.78 is 5.44. The van der Waals surface area contributed by atoms with Crippen molar-refractivity contribution in [2.75, 3.05) is 13.7 Å². The lowest BCUT2D eigenvalue weighted by atomic mass is 9.47. The number of carbonyl (C=O) groups excluding carboxylic acids is 1. The fourth-order valence-corrected chi connectivity index (χ4v) is 8.34. The third kappa shape index (κ3) is 4.28. The fourth-order valence-electron chi connectivity index (χ4n) is 6.46. The van der Waals surface area contributed by atoms with Crippen LogP contribution in [0.4, 0.5) is 0 Å². The molecule has 5 atom stereocenters. The van der Waals surface area contributed by atoms with Gasteiger partial charge in [0.05, 0.1) is 25.5 Å². The molecule has 8 heteroatoms. The largest absolute Gasteiger partial charge is 0.496 e. The molecule has 0 radical (unpaired) electrons. The van der Waals surface area contributed by atoms with Crippen LogP contribution < -0.4 is 10.1 Å². The number of nitrogens with one attached hydrogen (secondary N) is 1. The number of ether oxygens (including phenoxy) is 1. The summed E-state index contributed by atoms with van der Waals surface area (Å²) in [5.74, 6) is 0.685. The minimum absolute atomic E-state index is 0.0272. The van der Waals surface area contributed by atoms with E-state index in [1.807, 2.05) is 31.2 Å². The van der Waals surface area contributed by atoms with Crippen molar-refractivity contribution in [1.82, 2.24) is 10.3 Å². The number of benzene rings is 1. The number of rotatable bonds is 7. The molecule has 192 valence electrons. The van der Waals surface area contributed by atoms with Crippen molar-refractivity contribution >= 4 is 28.6 Å². The topological polar surface area (TPSA) is 91.7 Å². The lowest BCUT2D eigenvalue weighted by Crippen LogP contribution is -2.57. The Kier molecular flexibility index (Phi) is 6.98. The van der Waals surface area contributed by atoms with Gasteiger partial charge in [-0.2, -0.15) is 11.3 Å². The molecule has 36 heavy (non-hydrogen) atoms. The molecule has 1 amide bonds. The second-order valence-corrected chi connectivity index (χ2v) is 12.5. The molecule has 0 bridgehead atoms. The van der Waals surface area contributed by atoms with Crippen molar-refractivity contribution in [2.24, 2.45) is 16.7 Å². The number of methoxy groups -OCH3 is 1. The number of aliphatic hydroxyl groups excluding tert-OH is 2. The van der Waals surface area contributed by atoms with Gasteiger partial charge in [-0.15, -0.1) is 11.3 Å². The number of carbonyl (C=O) groups is 1. The zero-order chi connectivity index (χ0) is 25.5. The maximum Gasteiger partial charge on any atom is 0.220 e. The zero-order valence-electron chi connectivity index (χ0n) is 21.0. The average molecular weight is 527 g/mol. The summed E-state index contributed by atoms with van der Waals surface area (Å²) in [7, 11) is 1.63. The Morgan fingerprint density at radius 1 is 1.28 bits per heavy atom. The van der Waals surface area contributed by atoms with Crippen molar-refractivity contribution in [3.05, 3.63) is 57.2 Å². The summed E-state index contributed by atoms with van der Waals surface area (Å²) in [6.07, 6.45) is 1.93. The van der Waals surface area contributed by atoms with Gasteiger partial charge in [0, 0.05) is 45.7 Å². The number of fused-ring (bicyclic) bond motifs is 2.